The Morgan fingerprint density at radius 1 is 1.18 bits per heavy atom. The van der Waals surface area contributed by atoms with Crippen LogP contribution in [0, 0.1) is 0 Å². The van der Waals surface area contributed by atoms with Crippen molar-refractivity contribution in [3.05, 3.63) is 52.9 Å². The van der Waals surface area contributed by atoms with Crippen molar-refractivity contribution < 1.29 is 27.5 Å². The Kier molecular flexibility index (Phi) is 7.75. The van der Waals surface area contributed by atoms with Crippen LogP contribution in [0.3, 0.4) is 0 Å². The highest BCUT2D eigenvalue weighted by Gasteiger charge is 2.28. The van der Waals surface area contributed by atoms with Crippen molar-refractivity contribution in [3.63, 3.8) is 0 Å². The maximum absolute atomic E-state index is 12.3. The number of hydrogen-bond donors (Lipinski definition) is 2. The van der Waals surface area contributed by atoms with Crippen LogP contribution in [0.4, 0.5) is 13.2 Å². The summed E-state index contributed by atoms with van der Waals surface area (Å²) in [5.74, 6) is -0.471. The largest absolute Gasteiger partial charge is 0.483 e. The molecule has 0 radical (unpaired) electrons. The number of carbonyl (C=O) groups is 2. The van der Waals surface area contributed by atoms with Gasteiger partial charge in [-0.05, 0) is 23.8 Å². The van der Waals surface area contributed by atoms with E-state index in [1.807, 2.05) is 0 Å². The molecule has 2 heterocycles. The third kappa shape index (κ3) is 7.35. The number of fused-ring (bicyclic) bond motifs is 1. The molecule has 0 spiro atoms. The molecule has 0 aliphatic rings. The van der Waals surface area contributed by atoms with E-state index in [1.165, 1.54) is 19.1 Å². The average Bonchev–Trinajstić information content (AvgIpc) is 3.13. The summed E-state index contributed by atoms with van der Waals surface area (Å²) in [6.45, 7) is 0.911. The normalized spacial score (nSPS) is 11.4. The molecule has 0 bridgehead atoms. The molecule has 2 aromatic heterocycles. The van der Waals surface area contributed by atoms with Gasteiger partial charge in [-0.1, -0.05) is 17.7 Å². The van der Waals surface area contributed by atoms with Crippen LogP contribution < -0.4 is 15.4 Å². The van der Waals surface area contributed by atoms with Crippen LogP contribution >= 0.6 is 11.6 Å². The van der Waals surface area contributed by atoms with Crippen LogP contribution in [0.5, 0.6) is 5.75 Å². The Labute approximate surface area is 192 Å². The molecule has 3 aromatic rings. The molecular formula is C21H21ClF3N5O3. The van der Waals surface area contributed by atoms with Gasteiger partial charge in [0, 0.05) is 37.8 Å². The minimum Gasteiger partial charge on any atom is -0.483 e. The van der Waals surface area contributed by atoms with Gasteiger partial charge in [-0.25, -0.2) is 0 Å². The molecule has 0 fully saturated rings. The van der Waals surface area contributed by atoms with E-state index in [0.29, 0.717) is 41.8 Å². The first-order chi connectivity index (χ1) is 15.6. The fourth-order valence-corrected chi connectivity index (χ4v) is 3.29. The van der Waals surface area contributed by atoms with E-state index in [1.54, 1.807) is 29.2 Å². The third-order valence-corrected chi connectivity index (χ3v) is 4.74. The van der Waals surface area contributed by atoms with Crippen molar-refractivity contribution >= 4 is 34.3 Å². The van der Waals surface area contributed by atoms with Gasteiger partial charge in [-0.2, -0.15) is 18.3 Å². The number of nitrogens with one attached hydrogen (secondary N) is 2. The zero-order valence-corrected chi connectivity index (χ0v) is 18.3. The lowest BCUT2D eigenvalue weighted by Crippen LogP contribution is -2.34. The summed E-state index contributed by atoms with van der Waals surface area (Å²) < 4.78 is 43.3. The Morgan fingerprint density at radius 2 is 1.94 bits per heavy atom. The highest BCUT2D eigenvalue weighted by molar-refractivity contribution is 6.32. The number of amides is 2. The summed E-state index contributed by atoms with van der Waals surface area (Å²) in [6.07, 6.45) is -1.11. The van der Waals surface area contributed by atoms with Crippen molar-refractivity contribution in [2.45, 2.75) is 26.1 Å². The summed E-state index contributed by atoms with van der Waals surface area (Å²) >= 11 is 6.06. The van der Waals surface area contributed by atoms with E-state index in [9.17, 15) is 22.8 Å². The maximum atomic E-state index is 12.3. The molecule has 3 rings (SSSR count). The Balaban J connectivity index is 1.66. The molecule has 1 aromatic carbocycles. The first-order valence-electron chi connectivity index (χ1n) is 9.91. The number of pyridine rings is 1. The van der Waals surface area contributed by atoms with E-state index in [4.69, 9.17) is 16.3 Å². The molecule has 0 atom stereocenters. The average molecular weight is 484 g/mol. The van der Waals surface area contributed by atoms with Crippen molar-refractivity contribution in [2.75, 3.05) is 19.7 Å². The predicted octanol–water partition coefficient (Wildman–Crippen LogP) is 2.87. The standard InChI is InChI=1S/C21H21ClF3N5O3/c1-13(31)26-6-7-28-20(32)9-18-15-11-30(29-17(15)4-5-27-18)10-14-2-3-19(16(22)8-14)33-12-21(23,24)25/h2-5,8,11H,6-7,9-10,12H2,1H3,(H,26,31)(H,28,32). The van der Waals surface area contributed by atoms with E-state index in [-0.39, 0.29) is 29.0 Å². The summed E-state index contributed by atoms with van der Waals surface area (Å²) in [5.41, 5.74) is 1.89. The molecule has 33 heavy (non-hydrogen) atoms. The molecule has 0 saturated carbocycles. The number of ether oxygens (including phenoxy) is 1. The van der Waals surface area contributed by atoms with E-state index in [0.717, 1.165) is 0 Å². The van der Waals surface area contributed by atoms with Crippen LogP contribution in [0.1, 0.15) is 18.2 Å². The first-order valence-corrected chi connectivity index (χ1v) is 10.3. The molecule has 0 aliphatic carbocycles. The van der Waals surface area contributed by atoms with Crippen molar-refractivity contribution in [3.8, 4) is 5.75 Å². The molecular weight excluding hydrogens is 463 g/mol. The summed E-state index contributed by atoms with van der Waals surface area (Å²) in [4.78, 5) is 27.3. The van der Waals surface area contributed by atoms with Gasteiger partial charge < -0.3 is 15.4 Å². The predicted molar refractivity (Wildman–Crippen MR) is 115 cm³/mol. The van der Waals surface area contributed by atoms with Crippen LogP contribution in [-0.2, 0) is 22.6 Å². The maximum Gasteiger partial charge on any atom is 0.422 e. The Morgan fingerprint density at radius 3 is 2.64 bits per heavy atom. The van der Waals surface area contributed by atoms with E-state index >= 15 is 0 Å². The monoisotopic (exact) mass is 483 g/mol. The van der Waals surface area contributed by atoms with E-state index in [2.05, 4.69) is 20.7 Å². The molecule has 8 nitrogen and oxygen atoms in total. The number of halogens is 4. The number of nitrogens with zero attached hydrogens (tertiary/aromatic N) is 3. The minimum atomic E-state index is -4.45. The second kappa shape index (κ2) is 10.5. The topological polar surface area (TPSA) is 98.1 Å². The Bertz CT molecular complexity index is 1150. The highest BCUT2D eigenvalue weighted by atomic mass is 35.5. The van der Waals surface area contributed by atoms with Gasteiger partial charge >= 0.3 is 6.18 Å². The molecule has 0 unspecified atom stereocenters. The quantitative estimate of drug-likeness (QED) is 0.456. The van der Waals surface area contributed by atoms with Gasteiger partial charge in [-0.15, -0.1) is 0 Å². The van der Waals surface area contributed by atoms with Gasteiger partial charge in [0.1, 0.15) is 5.75 Å². The lowest BCUT2D eigenvalue weighted by Gasteiger charge is -2.11. The molecule has 0 aliphatic heterocycles. The van der Waals surface area contributed by atoms with Gasteiger partial charge in [-0.3, -0.25) is 19.3 Å². The van der Waals surface area contributed by atoms with Gasteiger partial charge in [0.05, 0.1) is 29.2 Å². The fourth-order valence-electron chi connectivity index (χ4n) is 3.03. The van der Waals surface area contributed by atoms with Gasteiger partial charge in [0.15, 0.2) is 6.61 Å². The van der Waals surface area contributed by atoms with Crippen molar-refractivity contribution in [1.29, 1.82) is 0 Å². The van der Waals surface area contributed by atoms with Crippen LogP contribution in [0.25, 0.3) is 10.9 Å². The molecule has 176 valence electrons. The SMILES string of the molecule is CC(=O)NCCNC(=O)Cc1nccc2nn(Cc3ccc(OCC(F)(F)F)c(Cl)c3)cc12. The number of rotatable bonds is 9. The summed E-state index contributed by atoms with van der Waals surface area (Å²) in [5, 5.41) is 10.5. The zero-order chi connectivity index (χ0) is 24.0. The van der Waals surface area contributed by atoms with Crippen LogP contribution in [0.15, 0.2) is 36.7 Å². The van der Waals surface area contributed by atoms with Crippen molar-refractivity contribution in [1.82, 2.24) is 25.4 Å². The van der Waals surface area contributed by atoms with Crippen molar-refractivity contribution in [2.24, 2.45) is 0 Å². The zero-order valence-electron chi connectivity index (χ0n) is 17.6. The lowest BCUT2D eigenvalue weighted by atomic mass is 10.2. The molecule has 2 N–H and O–H groups in total. The number of hydrogen-bond acceptors (Lipinski definition) is 5. The highest BCUT2D eigenvalue weighted by Crippen LogP contribution is 2.28. The number of benzene rings is 1. The minimum absolute atomic E-state index is 0.0418. The second-order valence-electron chi connectivity index (χ2n) is 7.20. The van der Waals surface area contributed by atoms with Gasteiger partial charge in [0.2, 0.25) is 11.8 Å². The first kappa shape index (κ1) is 24.3. The second-order valence-corrected chi connectivity index (χ2v) is 7.60. The number of aromatic nitrogens is 3. The molecule has 0 saturated heterocycles. The fraction of sp³-hybridized carbons (Fsp3) is 0.333. The smallest absolute Gasteiger partial charge is 0.422 e. The van der Waals surface area contributed by atoms with E-state index < -0.39 is 12.8 Å². The lowest BCUT2D eigenvalue weighted by molar-refractivity contribution is -0.153. The summed E-state index contributed by atoms with van der Waals surface area (Å²) in [6, 6.07) is 6.21. The molecule has 12 heteroatoms. The van der Waals surface area contributed by atoms with Crippen LogP contribution in [0.2, 0.25) is 5.02 Å². The molecule has 2 amide bonds. The Hall–Kier alpha value is -3.34. The van der Waals surface area contributed by atoms with Gasteiger partial charge in [0.25, 0.3) is 0 Å². The van der Waals surface area contributed by atoms with Crippen LogP contribution in [-0.4, -0.2) is 52.5 Å². The third-order valence-electron chi connectivity index (χ3n) is 4.45. The summed E-state index contributed by atoms with van der Waals surface area (Å²) in [7, 11) is 0. The number of alkyl halides is 3. The number of carbonyl (C=O) groups excluding carboxylic acids is 2.